The summed E-state index contributed by atoms with van der Waals surface area (Å²) in [6, 6.07) is 4.30. The SMILES string of the molecule is Cc1ncc2c(n1)CCN(Cc1cccc(F)c1F)C2. The van der Waals surface area contributed by atoms with E-state index in [2.05, 4.69) is 14.9 Å². The largest absolute Gasteiger partial charge is 0.294 e. The van der Waals surface area contributed by atoms with Crippen LogP contribution < -0.4 is 0 Å². The third kappa shape index (κ3) is 2.54. The van der Waals surface area contributed by atoms with Crippen LogP contribution >= 0.6 is 0 Å². The Morgan fingerprint density at radius 3 is 3.00 bits per heavy atom. The summed E-state index contributed by atoms with van der Waals surface area (Å²) in [6.45, 7) is 3.73. The van der Waals surface area contributed by atoms with E-state index < -0.39 is 11.6 Å². The van der Waals surface area contributed by atoms with Gasteiger partial charge in [-0.3, -0.25) is 4.90 Å². The Balaban J connectivity index is 1.77. The van der Waals surface area contributed by atoms with E-state index in [9.17, 15) is 8.78 Å². The number of halogens is 2. The Morgan fingerprint density at radius 1 is 1.30 bits per heavy atom. The molecule has 0 aliphatic carbocycles. The average Bonchev–Trinajstić information content (AvgIpc) is 2.44. The summed E-state index contributed by atoms with van der Waals surface area (Å²) >= 11 is 0. The first-order valence-electron chi connectivity index (χ1n) is 6.60. The fraction of sp³-hybridized carbons (Fsp3) is 0.333. The van der Waals surface area contributed by atoms with Crippen molar-refractivity contribution in [3.63, 3.8) is 0 Å². The molecule has 1 aromatic carbocycles. The first-order chi connectivity index (χ1) is 9.63. The van der Waals surface area contributed by atoms with Crippen LogP contribution in [0.1, 0.15) is 22.6 Å². The van der Waals surface area contributed by atoms with Crippen LogP contribution in [-0.4, -0.2) is 21.4 Å². The minimum atomic E-state index is -0.793. The molecule has 1 aliphatic heterocycles. The maximum atomic E-state index is 13.7. The highest BCUT2D eigenvalue weighted by molar-refractivity contribution is 5.22. The Kier molecular flexibility index (Phi) is 3.44. The first kappa shape index (κ1) is 13.1. The predicted octanol–water partition coefficient (Wildman–Crippen LogP) is 2.62. The number of hydrogen-bond acceptors (Lipinski definition) is 3. The molecule has 20 heavy (non-hydrogen) atoms. The van der Waals surface area contributed by atoms with E-state index >= 15 is 0 Å². The van der Waals surface area contributed by atoms with Gasteiger partial charge < -0.3 is 0 Å². The maximum absolute atomic E-state index is 13.7. The molecule has 0 spiro atoms. The summed E-state index contributed by atoms with van der Waals surface area (Å²) < 4.78 is 26.9. The second-order valence-corrected chi connectivity index (χ2v) is 5.06. The van der Waals surface area contributed by atoms with Gasteiger partial charge in [0.1, 0.15) is 5.82 Å². The Labute approximate surface area is 116 Å². The zero-order chi connectivity index (χ0) is 14.1. The van der Waals surface area contributed by atoms with Crippen LogP contribution in [0.25, 0.3) is 0 Å². The van der Waals surface area contributed by atoms with Gasteiger partial charge in [-0.1, -0.05) is 12.1 Å². The number of aryl methyl sites for hydroxylation is 1. The summed E-state index contributed by atoms with van der Waals surface area (Å²) in [7, 11) is 0. The third-order valence-electron chi connectivity index (χ3n) is 3.56. The highest BCUT2D eigenvalue weighted by Gasteiger charge is 2.19. The lowest BCUT2D eigenvalue weighted by Crippen LogP contribution is -2.31. The Morgan fingerprint density at radius 2 is 2.15 bits per heavy atom. The molecule has 2 aromatic rings. The van der Waals surface area contributed by atoms with Gasteiger partial charge in [0.15, 0.2) is 11.6 Å². The molecular formula is C15H15F2N3. The molecule has 0 atom stereocenters. The lowest BCUT2D eigenvalue weighted by atomic mass is 10.1. The van der Waals surface area contributed by atoms with Crippen LogP contribution in [0.15, 0.2) is 24.4 Å². The van der Waals surface area contributed by atoms with E-state index in [1.807, 2.05) is 13.1 Å². The molecule has 5 heteroatoms. The summed E-state index contributed by atoms with van der Waals surface area (Å²) in [5.74, 6) is -0.773. The molecule has 3 nitrogen and oxygen atoms in total. The van der Waals surface area contributed by atoms with E-state index in [4.69, 9.17) is 0 Å². The van der Waals surface area contributed by atoms with Gasteiger partial charge >= 0.3 is 0 Å². The maximum Gasteiger partial charge on any atom is 0.163 e. The lowest BCUT2D eigenvalue weighted by molar-refractivity contribution is 0.238. The van der Waals surface area contributed by atoms with E-state index in [1.54, 1.807) is 6.07 Å². The van der Waals surface area contributed by atoms with Gasteiger partial charge in [-0.15, -0.1) is 0 Å². The minimum Gasteiger partial charge on any atom is -0.294 e. The van der Waals surface area contributed by atoms with Crippen molar-refractivity contribution in [3.8, 4) is 0 Å². The van der Waals surface area contributed by atoms with E-state index in [-0.39, 0.29) is 0 Å². The smallest absolute Gasteiger partial charge is 0.163 e. The molecule has 1 aliphatic rings. The van der Waals surface area contributed by atoms with Crippen molar-refractivity contribution in [1.82, 2.24) is 14.9 Å². The number of benzene rings is 1. The van der Waals surface area contributed by atoms with Crippen molar-refractivity contribution in [3.05, 3.63) is 58.7 Å². The molecule has 0 saturated carbocycles. The third-order valence-corrected chi connectivity index (χ3v) is 3.56. The van der Waals surface area contributed by atoms with Crippen LogP contribution in [0.5, 0.6) is 0 Å². The molecule has 0 radical (unpaired) electrons. The van der Waals surface area contributed by atoms with Crippen LogP contribution in [0.3, 0.4) is 0 Å². The van der Waals surface area contributed by atoms with E-state index in [1.165, 1.54) is 6.07 Å². The summed E-state index contributed by atoms with van der Waals surface area (Å²) in [4.78, 5) is 10.7. The molecule has 2 heterocycles. The first-order valence-corrected chi connectivity index (χ1v) is 6.60. The monoisotopic (exact) mass is 275 g/mol. The molecule has 3 rings (SSSR count). The zero-order valence-electron chi connectivity index (χ0n) is 11.2. The number of rotatable bonds is 2. The van der Waals surface area contributed by atoms with Gasteiger partial charge in [0.05, 0.1) is 0 Å². The summed E-state index contributed by atoms with van der Waals surface area (Å²) in [5.41, 5.74) is 2.52. The Bertz CT molecular complexity index is 643. The molecular weight excluding hydrogens is 260 g/mol. The topological polar surface area (TPSA) is 29.0 Å². The fourth-order valence-corrected chi connectivity index (χ4v) is 2.52. The molecule has 0 bridgehead atoms. The van der Waals surface area contributed by atoms with E-state index in [0.717, 1.165) is 36.1 Å². The Hall–Kier alpha value is -1.88. The van der Waals surface area contributed by atoms with Gasteiger partial charge in [-0.05, 0) is 13.0 Å². The minimum absolute atomic E-state index is 0.390. The van der Waals surface area contributed by atoms with Crippen LogP contribution in [0, 0.1) is 18.6 Å². The second kappa shape index (κ2) is 5.25. The van der Waals surface area contributed by atoms with Gasteiger partial charge in [0.2, 0.25) is 0 Å². The molecule has 0 unspecified atom stereocenters. The fourth-order valence-electron chi connectivity index (χ4n) is 2.52. The van der Waals surface area contributed by atoms with Crippen LogP contribution in [0.2, 0.25) is 0 Å². The zero-order valence-corrected chi connectivity index (χ0v) is 11.2. The number of aromatic nitrogens is 2. The normalized spacial score (nSPS) is 15.2. The van der Waals surface area contributed by atoms with Gasteiger partial charge in [0.25, 0.3) is 0 Å². The van der Waals surface area contributed by atoms with Gasteiger partial charge in [0, 0.05) is 49.1 Å². The van der Waals surface area contributed by atoms with Crippen molar-refractivity contribution in [2.45, 2.75) is 26.4 Å². The highest BCUT2D eigenvalue weighted by atomic mass is 19.2. The van der Waals surface area contributed by atoms with Gasteiger partial charge in [-0.25, -0.2) is 18.7 Å². The van der Waals surface area contributed by atoms with E-state index in [0.29, 0.717) is 18.7 Å². The molecule has 104 valence electrons. The van der Waals surface area contributed by atoms with Crippen molar-refractivity contribution >= 4 is 0 Å². The number of hydrogen-bond donors (Lipinski definition) is 0. The molecule has 0 fully saturated rings. The standard InChI is InChI=1S/C15H15F2N3/c1-10-18-7-12-9-20(6-5-14(12)19-10)8-11-3-2-4-13(16)15(11)17/h2-4,7H,5-6,8-9H2,1H3. The van der Waals surface area contributed by atoms with Crippen molar-refractivity contribution in [2.75, 3.05) is 6.54 Å². The predicted molar refractivity (Wildman–Crippen MR) is 70.9 cm³/mol. The summed E-state index contributed by atoms with van der Waals surface area (Å²) in [5, 5.41) is 0. The number of fused-ring (bicyclic) bond motifs is 1. The second-order valence-electron chi connectivity index (χ2n) is 5.06. The van der Waals surface area contributed by atoms with Gasteiger partial charge in [-0.2, -0.15) is 0 Å². The van der Waals surface area contributed by atoms with Crippen LogP contribution in [-0.2, 0) is 19.5 Å². The molecule has 0 amide bonds. The molecule has 1 aromatic heterocycles. The quantitative estimate of drug-likeness (QED) is 0.843. The number of nitrogens with zero attached hydrogens (tertiary/aromatic N) is 3. The molecule has 0 N–H and O–H groups in total. The average molecular weight is 275 g/mol. The lowest BCUT2D eigenvalue weighted by Gasteiger charge is -2.28. The highest BCUT2D eigenvalue weighted by Crippen LogP contribution is 2.20. The van der Waals surface area contributed by atoms with Crippen molar-refractivity contribution in [2.24, 2.45) is 0 Å². The van der Waals surface area contributed by atoms with Crippen LogP contribution in [0.4, 0.5) is 8.78 Å². The van der Waals surface area contributed by atoms with Crippen molar-refractivity contribution in [1.29, 1.82) is 0 Å². The van der Waals surface area contributed by atoms with Crippen molar-refractivity contribution < 1.29 is 8.78 Å². The summed E-state index contributed by atoms with van der Waals surface area (Å²) in [6.07, 6.45) is 2.64. The molecule has 0 saturated heterocycles.